The largest absolute Gasteiger partial charge is 0.345 e. The van der Waals surface area contributed by atoms with Crippen molar-refractivity contribution >= 4 is 23.8 Å². The molecule has 1 saturated carbocycles. The van der Waals surface area contributed by atoms with E-state index in [1.807, 2.05) is 19.2 Å². The summed E-state index contributed by atoms with van der Waals surface area (Å²) in [5.74, 6) is 0.721. The van der Waals surface area contributed by atoms with Gasteiger partial charge in [-0.05, 0) is 72.8 Å². The molecular weight excluding hydrogens is 323 g/mol. The highest BCUT2D eigenvalue weighted by atomic mass is 35.5. The molecule has 0 aromatic heterocycles. The van der Waals surface area contributed by atoms with Gasteiger partial charge in [0, 0.05) is 24.5 Å². The number of nitrogens with one attached hydrogen (secondary N) is 1. The van der Waals surface area contributed by atoms with E-state index in [4.69, 9.17) is 0 Å². The van der Waals surface area contributed by atoms with E-state index in [1.165, 1.54) is 48.2 Å². The highest BCUT2D eigenvalue weighted by molar-refractivity contribution is 5.85. The highest BCUT2D eigenvalue weighted by Gasteiger charge is 2.29. The predicted molar refractivity (Wildman–Crippen MR) is 99.9 cm³/mol. The molecule has 0 bridgehead atoms. The zero-order valence-corrected chi connectivity index (χ0v) is 14.8. The van der Waals surface area contributed by atoms with E-state index >= 15 is 0 Å². The summed E-state index contributed by atoms with van der Waals surface area (Å²) in [7, 11) is 2.04. The van der Waals surface area contributed by atoms with Gasteiger partial charge in [-0.2, -0.15) is 0 Å². The van der Waals surface area contributed by atoms with Crippen molar-refractivity contribution in [2.45, 2.75) is 31.7 Å². The van der Waals surface area contributed by atoms with Crippen LogP contribution in [0.5, 0.6) is 0 Å². The van der Waals surface area contributed by atoms with Crippen LogP contribution in [0, 0.1) is 11.7 Å². The Kier molecular flexibility index (Phi) is 5.12. The molecule has 1 unspecified atom stereocenters. The van der Waals surface area contributed by atoms with E-state index in [0.29, 0.717) is 6.04 Å². The fourth-order valence-corrected chi connectivity index (χ4v) is 3.54. The minimum absolute atomic E-state index is 0. The van der Waals surface area contributed by atoms with Crippen LogP contribution in [-0.2, 0) is 6.42 Å². The quantitative estimate of drug-likeness (QED) is 0.837. The molecule has 1 N–H and O–H groups in total. The van der Waals surface area contributed by atoms with Crippen molar-refractivity contribution in [3.8, 4) is 0 Å². The van der Waals surface area contributed by atoms with Crippen molar-refractivity contribution in [1.82, 2.24) is 5.32 Å². The molecule has 128 valence electrons. The topological polar surface area (TPSA) is 15.3 Å². The van der Waals surface area contributed by atoms with Gasteiger partial charge in [-0.15, -0.1) is 12.4 Å². The maximum Gasteiger partial charge on any atom is 0.123 e. The van der Waals surface area contributed by atoms with Gasteiger partial charge in [-0.3, -0.25) is 0 Å². The second-order valence-electron chi connectivity index (χ2n) is 6.85. The van der Waals surface area contributed by atoms with Crippen LogP contribution in [0.4, 0.5) is 15.8 Å². The van der Waals surface area contributed by atoms with Gasteiger partial charge < -0.3 is 10.2 Å². The number of halogens is 2. The maximum atomic E-state index is 13.1. The van der Waals surface area contributed by atoms with Crippen molar-refractivity contribution in [3.63, 3.8) is 0 Å². The Balaban J connectivity index is 0.00000169. The third-order valence-electron chi connectivity index (χ3n) is 5.16. The molecule has 4 rings (SSSR count). The average molecular weight is 347 g/mol. The van der Waals surface area contributed by atoms with Crippen LogP contribution in [-0.4, -0.2) is 13.6 Å². The van der Waals surface area contributed by atoms with E-state index in [2.05, 4.69) is 28.4 Å². The van der Waals surface area contributed by atoms with Gasteiger partial charge in [0.1, 0.15) is 5.82 Å². The van der Waals surface area contributed by atoms with E-state index in [-0.39, 0.29) is 18.2 Å². The Morgan fingerprint density at radius 1 is 1.08 bits per heavy atom. The molecule has 2 aliphatic rings. The first-order valence-electron chi connectivity index (χ1n) is 8.56. The summed E-state index contributed by atoms with van der Waals surface area (Å²) >= 11 is 0. The molecule has 1 fully saturated rings. The summed E-state index contributed by atoms with van der Waals surface area (Å²) in [6, 6.07) is 13.9. The third kappa shape index (κ3) is 3.57. The van der Waals surface area contributed by atoms with Crippen LogP contribution < -0.4 is 10.2 Å². The highest BCUT2D eigenvalue weighted by Crippen LogP contribution is 2.40. The van der Waals surface area contributed by atoms with E-state index in [0.717, 1.165) is 24.6 Å². The summed E-state index contributed by atoms with van der Waals surface area (Å²) in [6.45, 7) is 1.08. The van der Waals surface area contributed by atoms with Crippen molar-refractivity contribution in [3.05, 3.63) is 59.4 Å². The molecule has 24 heavy (non-hydrogen) atoms. The van der Waals surface area contributed by atoms with Crippen molar-refractivity contribution in [2.24, 2.45) is 5.92 Å². The van der Waals surface area contributed by atoms with E-state index < -0.39 is 0 Å². The first-order chi connectivity index (χ1) is 11.2. The van der Waals surface area contributed by atoms with Crippen LogP contribution in [0.25, 0.3) is 0 Å². The third-order valence-corrected chi connectivity index (χ3v) is 5.16. The smallest absolute Gasteiger partial charge is 0.123 e. The molecule has 0 spiro atoms. The monoisotopic (exact) mass is 346 g/mol. The van der Waals surface area contributed by atoms with Crippen molar-refractivity contribution in [1.29, 1.82) is 0 Å². The van der Waals surface area contributed by atoms with Crippen LogP contribution in [0.3, 0.4) is 0 Å². The second-order valence-corrected chi connectivity index (χ2v) is 6.85. The number of fused-ring (bicyclic) bond motifs is 1. The Bertz CT molecular complexity index is 697. The molecule has 1 atom stereocenters. The molecule has 1 aliphatic carbocycles. The van der Waals surface area contributed by atoms with Gasteiger partial charge in [0.25, 0.3) is 0 Å². The molecule has 2 aromatic rings. The molecule has 2 aromatic carbocycles. The Morgan fingerprint density at radius 3 is 2.50 bits per heavy atom. The maximum absolute atomic E-state index is 13.1. The lowest BCUT2D eigenvalue weighted by Crippen LogP contribution is -2.30. The lowest BCUT2D eigenvalue weighted by Gasteiger charge is -2.29. The molecule has 0 amide bonds. The minimum Gasteiger partial charge on any atom is -0.345 e. The van der Waals surface area contributed by atoms with Crippen molar-refractivity contribution < 1.29 is 4.39 Å². The fourth-order valence-electron chi connectivity index (χ4n) is 3.54. The second kappa shape index (κ2) is 7.12. The summed E-state index contributed by atoms with van der Waals surface area (Å²) < 4.78 is 13.1. The molecule has 0 radical (unpaired) electrons. The number of benzene rings is 2. The number of rotatable bonds is 4. The molecule has 2 nitrogen and oxygen atoms in total. The van der Waals surface area contributed by atoms with Gasteiger partial charge in [0.2, 0.25) is 0 Å². The van der Waals surface area contributed by atoms with E-state index in [1.54, 1.807) is 0 Å². The van der Waals surface area contributed by atoms with Gasteiger partial charge >= 0.3 is 0 Å². The summed E-state index contributed by atoms with van der Waals surface area (Å²) in [5, 5.41) is 3.69. The van der Waals surface area contributed by atoms with Gasteiger partial charge in [-0.1, -0.05) is 18.9 Å². The summed E-state index contributed by atoms with van der Waals surface area (Å²) in [4.78, 5) is 2.13. The zero-order valence-electron chi connectivity index (χ0n) is 14.0. The van der Waals surface area contributed by atoms with Crippen LogP contribution in [0.2, 0.25) is 0 Å². The summed E-state index contributed by atoms with van der Waals surface area (Å²) in [6.07, 6.45) is 5.15. The van der Waals surface area contributed by atoms with E-state index in [9.17, 15) is 4.39 Å². The van der Waals surface area contributed by atoms with Crippen LogP contribution in [0.15, 0.2) is 42.5 Å². The van der Waals surface area contributed by atoms with Crippen molar-refractivity contribution in [2.75, 3.05) is 18.5 Å². The fraction of sp³-hybridized carbons (Fsp3) is 0.400. The van der Waals surface area contributed by atoms with Crippen LogP contribution in [0.1, 0.15) is 36.4 Å². The minimum atomic E-state index is -0.193. The number of hydrogen-bond acceptors (Lipinski definition) is 2. The number of anilines is 2. The molecular formula is C20H24ClFN2. The first-order valence-corrected chi connectivity index (χ1v) is 8.56. The predicted octanol–water partition coefficient (Wildman–Crippen LogP) is 5.00. The molecule has 1 heterocycles. The average Bonchev–Trinajstić information content (AvgIpc) is 3.39. The lowest BCUT2D eigenvalue weighted by molar-refractivity contribution is 0.453. The Labute approximate surface area is 149 Å². The first kappa shape index (κ1) is 17.2. The molecule has 4 heteroatoms. The van der Waals surface area contributed by atoms with Gasteiger partial charge in [0.05, 0.1) is 0 Å². The zero-order chi connectivity index (χ0) is 15.8. The molecule has 0 saturated heterocycles. The Morgan fingerprint density at radius 2 is 1.79 bits per heavy atom. The normalized spacial score (nSPS) is 19.3. The van der Waals surface area contributed by atoms with Gasteiger partial charge in [0.15, 0.2) is 0 Å². The standard InChI is InChI=1S/C20H23FN2.ClH/c1-23(17-8-5-16(21)6-9-17)18-7-4-15-10-11-22-20(19(15)13-18)12-14-2-3-14;/h4-9,13-14,20,22H,2-3,10-12H2,1H3;1H. The van der Waals surface area contributed by atoms with Gasteiger partial charge in [-0.25, -0.2) is 4.39 Å². The molecule has 1 aliphatic heterocycles. The Hall–Kier alpha value is -1.58. The van der Waals surface area contributed by atoms with Crippen LogP contribution >= 0.6 is 12.4 Å². The lowest BCUT2D eigenvalue weighted by atomic mass is 9.90. The number of hydrogen-bond donors (Lipinski definition) is 1. The SMILES string of the molecule is CN(c1ccc(F)cc1)c1ccc2c(c1)C(CC1CC1)NCC2.Cl. The number of nitrogens with zero attached hydrogens (tertiary/aromatic N) is 1. The summed E-state index contributed by atoms with van der Waals surface area (Å²) in [5.41, 5.74) is 5.11.